The van der Waals surface area contributed by atoms with E-state index in [0.29, 0.717) is 6.04 Å². The van der Waals surface area contributed by atoms with Gasteiger partial charge in [0.2, 0.25) is 0 Å². The van der Waals surface area contributed by atoms with Crippen molar-refractivity contribution in [2.24, 2.45) is 0 Å². The van der Waals surface area contributed by atoms with Crippen molar-refractivity contribution in [2.45, 2.75) is 31.7 Å². The van der Waals surface area contributed by atoms with Crippen LogP contribution in [0.15, 0.2) is 24.5 Å². The molecule has 1 heterocycles. The zero-order valence-electron chi connectivity index (χ0n) is 6.66. The topological polar surface area (TPSA) is 17.0 Å². The van der Waals surface area contributed by atoms with Gasteiger partial charge in [-0.15, -0.1) is 0 Å². The van der Waals surface area contributed by atoms with E-state index < -0.39 is 0 Å². The van der Waals surface area contributed by atoms with Crippen LogP contribution in [0.5, 0.6) is 0 Å². The molecule has 2 rings (SSSR count). The molecule has 0 radical (unpaired) electrons. The minimum absolute atomic E-state index is 0.711. The first-order chi connectivity index (χ1) is 5.45. The van der Waals surface area contributed by atoms with Crippen LogP contribution in [0.4, 0.5) is 0 Å². The summed E-state index contributed by atoms with van der Waals surface area (Å²) >= 11 is 0. The molecule has 0 aromatic carbocycles. The van der Waals surface area contributed by atoms with Crippen LogP contribution in [0.2, 0.25) is 0 Å². The van der Waals surface area contributed by atoms with Crippen molar-refractivity contribution in [3.8, 4) is 0 Å². The second-order valence-electron chi connectivity index (χ2n) is 3.20. The Morgan fingerprint density at radius 1 is 1.09 bits per heavy atom. The molecular weight excluding hydrogens is 136 g/mol. The highest BCUT2D eigenvalue weighted by Crippen LogP contribution is 2.18. The fourth-order valence-corrected chi connectivity index (χ4v) is 1.69. The van der Waals surface area contributed by atoms with E-state index in [4.69, 9.17) is 0 Å². The van der Waals surface area contributed by atoms with E-state index in [9.17, 15) is 0 Å². The van der Waals surface area contributed by atoms with Crippen LogP contribution >= 0.6 is 0 Å². The van der Waals surface area contributed by atoms with Crippen molar-refractivity contribution >= 4 is 0 Å². The molecule has 1 N–H and O–H groups in total. The van der Waals surface area contributed by atoms with Crippen LogP contribution in [0.25, 0.3) is 0 Å². The van der Waals surface area contributed by atoms with Gasteiger partial charge in [0.05, 0.1) is 0 Å². The molecule has 1 aliphatic rings. The molecule has 0 atom stereocenters. The van der Waals surface area contributed by atoms with E-state index in [1.807, 2.05) is 12.1 Å². The van der Waals surface area contributed by atoms with E-state index in [0.717, 1.165) is 0 Å². The monoisotopic (exact) mass is 150 g/mol. The first-order valence-corrected chi connectivity index (χ1v) is 4.35. The van der Waals surface area contributed by atoms with Crippen molar-refractivity contribution in [3.63, 3.8) is 0 Å². The maximum absolute atomic E-state index is 3.44. The normalized spacial score (nSPS) is 18.9. The highest BCUT2D eigenvalue weighted by molar-refractivity contribution is 4.96. The molecule has 1 aromatic rings. The molecule has 1 saturated carbocycles. The summed E-state index contributed by atoms with van der Waals surface area (Å²) in [5.41, 5.74) is 3.44. The Kier molecular flexibility index (Phi) is 1.84. The van der Waals surface area contributed by atoms with Crippen LogP contribution in [0, 0.1) is 0 Å². The lowest BCUT2D eigenvalue weighted by Gasteiger charge is -2.13. The Morgan fingerprint density at radius 3 is 2.36 bits per heavy atom. The van der Waals surface area contributed by atoms with Crippen LogP contribution in [0.3, 0.4) is 0 Å². The summed E-state index contributed by atoms with van der Waals surface area (Å²) in [5, 5.41) is 0. The average molecular weight is 150 g/mol. The second-order valence-corrected chi connectivity index (χ2v) is 3.20. The lowest BCUT2D eigenvalue weighted by atomic mass is 10.3. The standard InChI is InChI=1S/C9H14N2/c1-2-6-9(5-1)10-11-7-3-4-8-11/h3-4,7-10H,1-2,5-6H2. The smallest absolute Gasteiger partial charge is 0.0424 e. The lowest BCUT2D eigenvalue weighted by Crippen LogP contribution is -2.23. The number of nitrogens with zero attached hydrogens (tertiary/aromatic N) is 1. The van der Waals surface area contributed by atoms with Gasteiger partial charge in [-0.25, -0.2) is 0 Å². The van der Waals surface area contributed by atoms with Gasteiger partial charge < -0.3 is 5.43 Å². The Bertz CT molecular complexity index is 197. The van der Waals surface area contributed by atoms with Crippen LogP contribution in [-0.4, -0.2) is 10.7 Å². The Hall–Kier alpha value is -0.920. The van der Waals surface area contributed by atoms with Gasteiger partial charge in [0, 0.05) is 18.4 Å². The first-order valence-electron chi connectivity index (χ1n) is 4.35. The van der Waals surface area contributed by atoms with E-state index >= 15 is 0 Å². The minimum atomic E-state index is 0.711. The molecule has 0 spiro atoms. The molecular formula is C9H14N2. The maximum atomic E-state index is 3.44. The number of nitrogens with one attached hydrogen (secondary N) is 1. The SMILES string of the molecule is c1ccn(NC2CCCC2)c1. The molecule has 0 aliphatic heterocycles. The van der Waals surface area contributed by atoms with E-state index in [1.165, 1.54) is 25.7 Å². The molecule has 1 fully saturated rings. The van der Waals surface area contributed by atoms with Crippen molar-refractivity contribution in [2.75, 3.05) is 5.43 Å². The van der Waals surface area contributed by atoms with E-state index in [1.54, 1.807) is 0 Å². The lowest BCUT2D eigenvalue weighted by molar-refractivity contribution is 0.657. The molecule has 0 bridgehead atoms. The molecule has 0 saturated heterocycles. The summed E-state index contributed by atoms with van der Waals surface area (Å²) in [7, 11) is 0. The zero-order valence-corrected chi connectivity index (χ0v) is 6.66. The second kappa shape index (κ2) is 2.99. The summed E-state index contributed by atoms with van der Waals surface area (Å²) < 4.78 is 2.05. The summed E-state index contributed by atoms with van der Waals surface area (Å²) in [5.74, 6) is 0. The average Bonchev–Trinajstić information content (AvgIpc) is 2.60. The van der Waals surface area contributed by atoms with Crippen LogP contribution in [-0.2, 0) is 0 Å². The molecule has 1 aliphatic carbocycles. The van der Waals surface area contributed by atoms with Gasteiger partial charge >= 0.3 is 0 Å². The van der Waals surface area contributed by atoms with Gasteiger partial charge in [-0.3, -0.25) is 4.68 Å². The predicted octanol–water partition coefficient (Wildman–Crippen LogP) is 1.97. The minimum Gasteiger partial charge on any atom is -0.323 e. The Balaban J connectivity index is 1.90. The zero-order chi connectivity index (χ0) is 7.52. The quantitative estimate of drug-likeness (QED) is 0.682. The van der Waals surface area contributed by atoms with Gasteiger partial charge in [-0.1, -0.05) is 12.8 Å². The third-order valence-corrected chi connectivity index (χ3v) is 2.29. The number of hydrogen-bond donors (Lipinski definition) is 1. The molecule has 0 unspecified atom stereocenters. The van der Waals surface area contributed by atoms with Crippen molar-refractivity contribution < 1.29 is 0 Å². The molecule has 60 valence electrons. The number of rotatable bonds is 2. The van der Waals surface area contributed by atoms with Crippen LogP contribution < -0.4 is 5.43 Å². The Morgan fingerprint density at radius 2 is 1.73 bits per heavy atom. The van der Waals surface area contributed by atoms with Crippen molar-refractivity contribution in [1.29, 1.82) is 0 Å². The van der Waals surface area contributed by atoms with Crippen molar-refractivity contribution in [3.05, 3.63) is 24.5 Å². The van der Waals surface area contributed by atoms with Gasteiger partial charge in [0.25, 0.3) is 0 Å². The van der Waals surface area contributed by atoms with E-state index in [2.05, 4.69) is 22.5 Å². The predicted molar refractivity (Wildman–Crippen MR) is 46.0 cm³/mol. The summed E-state index contributed by atoms with van der Waals surface area (Å²) in [4.78, 5) is 0. The largest absolute Gasteiger partial charge is 0.323 e. The summed E-state index contributed by atoms with van der Waals surface area (Å²) in [6.45, 7) is 0. The first kappa shape index (κ1) is 6.77. The number of aromatic nitrogens is 1. The highest BCUT2D eigenvalue weighted by Gasteiger charge is 2.13. The summed E-state index contributed by atoms with van der Waals surface area (Å²) in [6, 6.07) is 4.80. The van der Waals surface area contributed by atoms with Gasteiger partial charge in [-0.05, 0) is 25.0 Å². The molecule has 11 heavy (non-hydrogen) atoms. The van der Waals surface area contributed by atoms with Crippen LogP contribution in [0.1, 0.15) is 25.7 Å². The number of hydrogen-bond acceptors (Lipinski definition) is 1. The Labute approximate surface area is 67.2 Å². The molecule has 1 aromatic heterocycles. The van der Waals surface area contributed by atoms with Gasteiger partial charge in [0.15, 0.2) is 0 Å². The molecule has 2 nitrogen and oxygen atoms in total. The van der Waals surface area contributed by atoms with E-state index in [-0.39, 0.29) is 0 Å². The van der Waals surface area contributed by atoms with Gasteiger partial charge in [0.1, 0.15) is 0 Å². The fourth-order valence-electron chi connectivity index (χ4n) is 1.69. The third kappa shape index (κ3) is 1.56. The molecule has 0 amide bonds. The van der Waals surface area contributed by atoms with Gasteiger partial charge in [-0.2, -0.15) is 0 Å². The van der Waals surface area contributed by atoms with Crippen molar-refractivity contribution in [1.82, 2.24) is 4.68 Å². The fraction of sp³-hybridized carbons (Fsp3) is 0.556. The highest BCUT2D eigenvalue weighted by atomic mass is 15.4. The maximum Gasteiger partial charge on any atom is 0.0424 e. The third-order valence-electron chi connectivity index (χ3n) is 2.29. The summed E-state index contributed by atoms with van der Waals surface area (Å²) in [6.07, 6.45) is 9.55. The molecule has 2 heteroatoms.